The maximum absolute atomic E-state index is 13.4. The van der Waals surface area contributed by atoms with Crippen LogP contribution in [-0.2, 0) is 21.3 Å². The van der Waals surface area contributed by atoms with E-state index in [1.54, 1.807) is 61.5 Å². The van der Waals surface area contributed by atoms with Crippen LogP contribution in [0.5, 0.6) is 0 Å². The van der Waals surface area contributed by atoms with Crippen LogP contribution in [0.25, 0.3) is 22.3 Å². The zero-order valence-electron chi connectivity index (χ0n) is 16.7. The van der Waals surface area contributed by atoms with Crippen molar-refractivity contribution in [1.82, 2.24) is 18.7 Å². The molecule has 4 rings (SSSR count). The summed E-state index contributed by atoms with van der Waals surface area (Å²) in [5, 5.41) is 10.3. The van der Waals surface area contributed by atoms with Crippen LogP contribution >= 0.6 is 11.8 Å². The Hall–Kier alpha value is -2.62. The van der Waals surface area contributed by atoms with Crippen molar-refractivity contribution >= 4 is 32.7 Å². The summed E-state index contributed by atoms with van der Waals surface area (Å²) in [6, 6.07) is 15.9. The van der Waals surface area contributed by atoms with E-state index in [1.807, 2.05) is 22.8 Å². The topological polar surface area (TPSA) is 79.0 Å². The Kier molecular flexibility index (Phi) is 5.94. The van der Waals surface area contributed by atoms with E-state index in [9.17, 15) is 8.42 Å². The first kappa shape index (κ1) is 20.6. The van der Waals surface area contributed by atoms with Crippen LogP contribution in [-0.4, -0.2) is 46.6 Å². The summed E-state index contributed by atoms with van der Waals surface area (Å²) in [4.78, 5) is 0.236. The predicted molar refractivity (Wildman–Crippen MR) is 118 cm³/mol. The molecule has 9 heteroatoms. The molecule has 2 heterocycles. The highest BCUT2D eigenvalue weighted by Crippen LogP contribution is 2.33. The quantitative estimate of drug-likeness (QED) is 0.385. The van der Waals surface area contributed by atoms with E-state index in [-0.39, 0.29) is 4.90 Å². The van der Waals surface area contributed by atoms with Gasteiger partial charge in [0, 0.05) is 24.3 Å². The molecule has 0 fully saturated rings. The van der Waals surface area contributed by atoms with E-state index in [1.165, 1.54) is 3.97 Å². The molecule has 0 N–H and O–H groups in total. The second-order valence-electron chi connectivity index (χ2n) is 6.56. The molecule has 0 bridgehead atoms. The van der Waals surface area contributed by atoms with Gasteiger partial charge in [0.2, 0.25) is 0 Å². The van der Waals surface area contributed by atoms with Crippen molar-refractivity contribution in [2.45, 2.75) is 23.5 Å². The van der Waals surface area contributed by atoms with E-state index in [0.29, 0.717) is 24.5 Å². The number of fused-ring (bicyclic) bond motifs is 1. The van der Waals surface area contributed by atoms with Gasteiger partial charge in [-0.1, -0.05) is 55.1 Å². The highest BCUT2D eigenvalue weighted by Gasteiger charge is 2.24. The van der Waals surface area contributed by atoms with Gasteiger partial charge >= 0.3 is 0 Å². The molecule has 4 aromatic rings. The van der Waals surface area contributed by atoms with E-state index in [2.05, 4.69) is 17.1 Å². The summed E-state index contributed by atoms with van der Waals surface area (Å²) < 4.78 is 35.3. The van der Waals surface area contributed by atoms with Gasteiger partial charge in [0.25, 0.3) is 10.0 Å². The van der Waals surface area contributed by atoms with Gasteiger partial charge in [-0.2, -0.15) is 0 Å². The lowest BCUT2D eigenvalue weighted by Crippen LogP contribution is -2.11. The van der Waals surface area contributed by atoms with Crippen LogP contribution in [0, 0.1) is 0 Å². The number of aromatic nitrogens is 4. The van der Waals surface area contributed by atoms with Gasteiger partial charge in [0.1, 0.15) is 0 Å². The molecular formula is C21H22N4O3S2. The van der Waals surface area contributed by atoms with Crippen molar-refractivity contribution < 1.29 is 13.2 Å². The third-order valence-corrected chi connectivity index (χ3v) is 7.27. The van der Waals surface area contributed by atoms with E-state index >= 15 is 0 Å². The van der Waals surface area contributed by atoms with Gasteiger partial charge in [0.15, 0.2) is 11.0 Å². The first-order chi connectivity index (χ1) is 14.6. The SMILES string of the molecule is CCSc1nnc(-c2cn(S(=O)(=O)c3ccccc3)c3ccccc23)n1CCOC. The normalized spacial score (nSPS) is 11.9. The summed E-state index contributed by atoms with van der Waals surface area (Å²) in [5.41, 5.74) is 1.32. The molecule has 156 valence electrons. The number of hydrogen-bond acceptors (Lipinski definition) is 6. The molecule has 0 saturated heterocycles. The molecule has 2 aromatic carbocycles. The maximum atomic E-state index is 13.4. The monoisotopic (exact) mass is 442 g/mol. The maximum Gasteiger partial charge on any atom is 0.268 e. The average molecular weight is 443 g/mol. The number of nitrogens with zero attached hydrogens (tertiary/aromatic N) is 4. The summed E-state index contributed by atoms with van der Waals surface area (Å²) in [6.07, 6.45) is 1.64. The van der Waals surface area contributed by atoms with Crippen LogP contribution in [0.3, 0.4) is 0 Å². The Balaban J connectivity index is 1.93. The highest BCUT2D eigenvalue weighted by atomic mass is 32.2. The fourth-order valence-electron chi connectivity index (χ4n) is 3.34. The van der Waals surface area contributed by atoms with Crippen LogP contribution in [0.4, 0.5) is 0 Å². The average Bonchev–Trinajstić information content (AvgIpc) is 3.34. The number of para-hydroxylation sites is 1. The molecule has 0 unspecified atom stereocenters. The number of ether oxygens (including phenoxy) is 1. The fraction of sp³-hybridized carbons (Fsp3) is 0.238. The molecule has 7 nitrogen and oxygen atoms in total. The molecular weight excluding hydrogens is 420 g/mol. The van der Waals surface area contributed by atoms with Crippen LogP contribution < -0.4 is 0 Å². The minimum absolute atomic E-state index is 0.236. The van der Waals surface area contributed by atoms with Crippen molar-refractivity contribution in [1.29, 1.82) is 0 Å². The Morgan fingerprint density at radius 2 is 1.77 bits per heavy atom. The number of benzene rings is 2. The molecule has 0 aliphatic carbocycles. The van der Waals surface area contributed by atoms with Crippen LogP contribution in [0.15, 0.2) is 70.8 Å². The molecule has 0 saturated carbocycles. The Morgan fingerprint density at radius 1 is 1.03 bits per heavy atom. The summed E-state index contributed by atoms with van der Waals surface area (Å²) in [6.45, 7) is 3.13. The van der Waals surface area contributed by atoms with E-state index in [4.69, 9.17) is 4.74 Å². The minimum atomic E-state index is -3.76. The third kappa shape index (κ3) is 3.64. The van der Waals surface area contributed by atoms with E-state index in [0.717, 1.165) is 21.9 Å². The fourth-order valence-corrected chi connectivity index (χ4v) is 5.42. The first-order valence-electron chi connectivity index (χ1n) is 9.54. The molecule has 0 radical (unpaired) electrons. The van der Waals surface area contributed by atoms with Gasteiger partial charge < -0.3 is 4.74 Å². The first-order valence-corrected chi connectivity index (χ1v) is 12.0. The summed E-state index contributed by atoms with van der Waals surface area (Å²) in [5.74, 6) is 1.48. The van der Waals surface area contributed by atoms with Crippen molar-refractivity contribution in [2.75, 3.05) is 19.5 Å². The highest BCUT2D eigenvalue weighted by molar-refractivity contribution is 7.99. The number of rotatable bonds is 8. The lowest BCUT2D eigenvalue weighted by Gasteiger charge is -2.08. The zero-order chi connectivity index (χ0) is 21.1. The Labute approximate surface area is 179 Å². The number of hydrogen-bond donors (Lipinski definition) is 0. The van der Waals surface area contributed by atoms with Crippen LogP contribution in [0.1, 0.15) is 6.92 Å². The standard InChI is InChI=1S/C21H22N4O3S2/c1-3-29-21-23-22-20(24(21)13-14-28-2)18-15-25(19-12-8-7-11-17(18)19)30(26,27)16-9-5-4-6-10-16/h4-12,15H,3,13-14H2,1-2H3. The zero-order valence-corrected chi connectivity index (χ0v) is 18.4. The number of methoxy groups -OCH3 is 1. The predicted octanol–water partition coefficient (Wildman–Crippen LogP) is 3.90. The molecule has 30 heavy (non-hydrogen) atoms. The largest absolute Gasteiger partial charge is 0.383 e. The summed E-state index contributed by atoms with van der Waals surface area (Å²) in [7, 11) is -2.11. The minimum Gasteiger partial charge on any atom is -0.383 e. The number of thioether (sulfide) groups is 1. The lowest BCUT2D eigenvalue weighted by atomic mass is 10.1. The molecule has 0 aliphatic rings. The Bertz CT molecular complexity index is 1260. The van der Waals surface area contributed by atoms with Gasteiger partial charge in [-0.15, -0.1) is 10.2 Å². The van der Waals surface area contributed by atoms with Crippen molar-refractivity contribution in [2.24, 2.45) is 0 Å². The molecule has 2 aromatic heterocycles. The van der Waals surface area contributed by atoms with Crippen molar-refractivity contribution in [3.8, 4) is 11.4 Å². The van der Waals surface area contributed by atoms with Gasteiger partial charge in [-0.25, -0.2) is 12.4 Å². The Morgan fingerprint density at radius 3 is 2.50 bits per heavy atom. The molecule has 0 amide bonds. The lowest BCUT2D eigenvalue weighted by molar-refractivity contribution is 0.185. The van der Waals surface area contributed by atoms with Crippen molar-refractivity contribution in [3.05, 3.63) is 60.8 Å². The smallest absolute Gasteiger partial charge is 0.268 e. The van der Waals surface area contributed by atoms with Crippen molar-refractivity contribution in [3.63, 3.8) is 0 Å². The molecule has 0 aliphatic heterocycles. The van der Waals surface area contributed by atoms with E-state index < -0.39 is 10.0 Å². The molecule has 0 spiro atoms. The van der Waals surface area contributed by atoms with Gasteiger partial charge in [0.05, 0.1) is 23.6 Å². The molecule has 0 atom stereocenters. The van der Waals surface area contributed by atoms with Crippen LogP contribution in [0.2, 0.25) is 0 Å². The third-order valence-electron chi connectivity index (χ3n) is 4.73. The van der Waals surface area contributed by atoms with Gasteiger partial charge in [-0.3, -0.25) is 4.57 Å². The second kappa shape index (κ2) is 8.63. The van der Waals surface area contributed by atoms with Gasteiger partial charge in [-0.05, 0) is 24.0 Å². The second-order valence-corrected chi connectivity index (χ2v) is 9.60. The summed E-state index contributed by atoms with van der Waals surface area (Å²) >= 11 is 1.59.